The minimum atomic E-state index is 0.136. The second-order valence-corrected chi connectivity index (χ2v) is 2.76. The molecule has 2 rings (SSSR count). The lowest BCUT2D eigenvalue weighted by Crippen LogP contribution is -2.07. The predicted octanol–water partition coefficient (Wildman–Crippen LogP) is 1.20. The Morgan fingerprint density at radius 3 is 3.15 bits per heavy atom. The lowest BCUT2D eigenvalue weighted by molar-refractivity contribution is 0.373. The lowest BCUT2D eigenvalue weighted by Gasteiger charge is -2.14. The Morgan fingerprint density at radius 1 is 1.54 bits per heavy atom. The molecule has 0 saturated carbocycles. The van der Waals surface area contributed by atoms with E-state index in [0.29, 0.717) is 12.4 Å². The van der Waals surface area contributed by atoms with E-state index in [1.807, 2.05) is 0 Å². The minimum absolute atomic E-state index is 0.136. The Balaban J connectivity index is 2.52. The molecule has 2 N–H and O–H groups in total. The fourth-order valence-electron chi connectivity index (χ4n) is 1.28. The summed E-state index contributed by atoms with van der Waals surface area (Å²) in [7, 11) is 1.53. The van der Waals surface area contributed by atoms with Crippen molar-refractivity contribution in [3.63, 3.8) is 0 Å². The second-order valence-electron chi connectivity index (χ2n) is 2.76. The van der Waals surface area contributed by atoms with Gasteiger partial charge in [0.05, 0.1) is 7.11 Å². The van der Waals surface area contributed by atoms with Gasteiger partial charge in [0.25, 0.3) is 0 Å². The van der Waals surface area contributed by atoms with E-state index in [0.717, 1.165) is 11.3 Å². The maximum Gasteiger partial charge on any atom is 0.162 e. The van der Waals surface area contributed by atoms with Crippen molar-refractivity contribution < 1.29 is 9.84 Å². The van der Waals surface area contributed by atoms with Crippen LogP contribution < -0.4 is 10.1 Å². The zero-order valence-corrected chi connectivity index (χ0v) is 7.24. The number of hydrogen-bond acceptors (Lipinski definition) is 4. The summed E-state index contributed by atoms with van der Waals surface area (Å²) in [6, 6.07) is 3.39. The van der Waals surface area contributed by atoms with Gasteiger partial charge in [0.15, 0.2) is 11.5 Å². The highest BCUT2D eigenvalue weighted by Gasteiger charge is 2.09. The normalized spacial score (nSPS) is 13.3. The van der Waals surface area contributed by atoms with Crippen molar-refractivity contribution in [1.29, 1.82) is 0 Å². The molecule has 0 aromatic heterocycles. The van der Waals surface area contributed by atoms with E-state index in [1.165, 1.54) is 7.11 Å². The molecule has 1 aromatic rings. The van der Waals surface area contributed by atoms with E-state index in [1.54, 1.807) is 18.3 Å². The Bertz CT molecular complexity index is 361. The number of ether oxygens (including phenoxy) is 1. The average Bonchev–Trinajstić information content (AvgIpc) is 2.17. The third-order valence-corrected chi connectivity index (χ3v) is 1.94. The lowest BCUT2D eigenvalue weighted by atomic mass is 10.1. The molecule has 1 aliphatic heterocycles. The van der Waals surface area contributed by atoms with Crippen molar-refractivity contribution in [3.8, 4) is 11.5 Å². The summed E-state index contributed by atoms with van der Waals surface area (Å²) in [6.07, 6.45) is 1.73. The second kappa shape index (κ2) is 2.97. The first-order chi connectivity index (χ1) is 6.31. The fourth-order valence-corrected chi connectivity index (χ4v) is 1.28. The summed E-state index contributed by atoms with van der Waals surface area (Å²) in [4.78, 5) is 4.03. The van der Waals surface area contributed by atoms with Gasteiger partial charge in [-0.2, -0.15) is 0 Å². The fraction of sp³-hybridized carbons (Fsp3) is 0.222. The third-order valence-electron chi connectivity index (χ3n) is 1.94. The van der Waals surface area contributed by atoms with E-state index in [4.69, 9.17) is 4.74 Å². The molecule has 0 fully saturated rings. The molecule has 4 heteroatoms. The van der Waals surface area contributed by atoms with E-state index in [9.17, 15) is 5.11 Å². The Morgan fingerprint density at radius 2 is 2.38 bits per heavy atom. The highest BCUT2D eigenvalue weighted by molar-refractivity contribution is 5.90. The summed E-state index contributed by atoms with van der Waals surface area (Å²) in [5, 5.41) is 12.5. The number of aromatic hydroxyl groups is 1. The third kappa shape index (κ3) is 1.30. The maximum atomic E-state index is 9.45. The summed E-state index contributed by atoms with van der Waals surface area (Å²) >= 11 is 0. The summed E-state index contributed by atoms with van der Waals surface area (Å²) in [5.41, 5.74) is 1.81. The van der Waals surface area contributed by atoms with Gasteiger partial charge in [-0.15, -0.1) is 0 Å². The quantitative estimate of drug-likeness (QED) is 0.635. The first-order valence-electron chi connectivity index (χ1n) is 3.96. The van der Waals surface area contributed by atoms with Crippen molar-refractivity contribution in [2.24, 2.45) is 4.99 Å². The van der Waals surface area contributed by atoms with Crippen LogP contribution >= 0.6 is 0 Å². The van der Waals surface area contributed by atoms with Gasteiger partial charge in [-0.1, -0.05) is 0 Å². The number of anilines is 1. The molecule has 0 spiro atoms. The topological polar surface area (TPSA) is 53.9 Å². The molecule has 0 aliphatic carbocycles. The van der Waals surface area contributed by atoms with Crippen LogP contribution in [0.25, 0.3) is 0 Å². The molecule has 1 aromatic carbocycles. The Hall–Kier alpha value is -1.71. The number of fused-ring (bicyclic) bond motifs is 1. The van der Waals surface area contributed by atoms with Crippen molar-refractivity contribution in [1.82, 2.24) is 0 Å². The van der Waals surface area contributed by atoms with Gasteiger partial charge in [-0.3, -0.25) is 4.99 Å². The molecule has 68 valence electrons. The number of benzene rings is 1. The molecule has 0 radical (unpaired) electrons. The highest BCUT2D eigenvalue weighted by atomic mass is 16.5. The largest absolute Gasteiger partial charge is 0.504 e. The van der Waals surface area contributed by atoms with Crippen LogP contribution in [0.5, 0.6) is 11.5 Å². The molecule has 0 atom stereocenters. The molecule has 1 heterocycles. The van der Waals surface area contributed by atoms with Crippen molar-refractivity contribution >= 4 is 11.9 Å². The zero-order chi connectivity index (χ0) is 9.26. The van der Waals surface area contributed by atoms with E-state index < -0.39 is 0 Å². The highest BCUT2D eigenvalue weighted by Crippen LogP contribution is 2.32. The monoisotopic (exact) mass is 178 g/mol. The number of aliphatic imine (C=N–C) groups is 1. The van der Waals surface area contributed by atoms with E-state index in [-0.39, 0.29) is 5.75 Å². The van der Waals surface area contributed by atoms with Crippen LogP contribution in [0.2, 0.25) is 0 Å². The van der Waals surface area contributed by atoms with Gasteiger partial charge < -0.3 is 15.2 Å². The number of nitrogens with zero attached hydrogens (tertiary/aromatic N) is 1. The standard InChI is InChI=1S/C9H10N2O2/c1-13-9-3-7-6(2-8(9)12)4-10-5-11-7/h2-4,11-12H,5H2,1H3. The van der Waals surface area contributed by atoms with Gasteiger partial charge in [-0.25, -0.2) is 0 Å². The van der Waals surface area contributed by atoms with E-state index >= 15 is 0 Å². The molecule has 4 nitrogen and oxygen atoms in total. The molecular weight excluding hydrogens is 168 g/mol. The number of hydrogen-bond donors (Lipinski definition) is 2. The molecule has 0 bridgehead atoms. The van der Waals surface area contributed by atoms with Crippen molar-refractivity contribution in [2.75, 3.05) is 19.1 Å². The molecule has 0 saturated heterocycles. The molecule has 0 amide bonds. The zero-order valence-electron chi connectivity index (χ0n) is 7.24. The first-order valence-corrected chi connectivity index (χ1v) is 3.96. The first kappa shape index (κ1) is 7.91. The van der Waals surface area contributed by atoms with Gasteiger partial charge >= 0.3 is 0 Å². The van der Waals surface area contributed by atoms with Crippen molar-refractivity contribution in [2.45, 2.75) is 0 Å². The molecular formula is C9H10N2O2. The van der Waals surface area contributed by atoms with Gasteiger partial charge in [-0.05, 0) is 6.07 Å². The minimum Gasteiger partial charge on any atom is -0.504 e. The summed E-state index contributed by atoms with van der Waals surface area (Å²) in [5.74, 6) is 0.609. The summed E-state index contributed by atoms with van der Waals surface area (Å²) in [6.45, 7) is 0.570. The van der Waals surface area contributed by atoms with Gasteiger partial charge in [0.2, 0.25) is 0 Å². The Labute approximate surface area is 75.9 Å². The maximum absolute atomic E-state index is 9.45. The number of phenols is 1. The van der Waals surface area contributed by atoms with E-state index in [2.05, 4.69) is 10.3 Å². The van der Waals surface area contributed by atoms with Gasteiger partial charge in [0, 0.05) is 23.5 Å². The van der Waals surface area contributed by atoms with Crippen LogP contribution in [0.1, 0.15) is 5.56 Å². The van der Waals surface area contributed by atoms with Crippen LogP contribution in [0.3, 0.4) is 0 Å². The van der Waals surface area contributed by atoms with Crippen LogP contribution in [0, 0.1) is 0 Å². The number of methoxy groups -OCH3 is 1. The van der Waals surface area contributed by atoms with Crippen LogP contribution in [0.15, 0.2) is 17.1 Å². The predicted molar refractivity (Wildman–Crippen MR) is 50.7 cm³/mol. The van der Waals surface area contributed by atoms with Crippen LogP contribution in [-0.2, 0) is 0 Å². The molecule has 0 unspecified atom stereocenters. The average molecular weight is 178 g/mol. The Kier molecular flexibility index (Phi) is 1.81. The van der Waals surface area contributed by atoms with Gasteiger partial charge in [0.1, 0.15) is 6.67 Å². The number of phenolic OH excluding ortho intramolecular Hbond substituents is 1. The van der Waals surface area contributed by atoms with Crippen molar-refractivity contribution in [3.05, 3.63) is 17.7 Å². The molecule has 13 heavy (non-hydrogen) atoms. The molecule has 1 aliphatic rings. The number of rotatable bonds is 1. The smallest absolute Gasteiger partial charge is 0.162 e. The summed E-state index contributed by atoms with van der Waals surface area (Å²) < 4.78 is 4.98. The number of nitrogens with one attached hydrogen (secondary N) is 1. The SMILES string of the molecule is COc1cc2c(cc1O)C=NCN2. The van der Waals surface area contributed by atoms with Crippen LogP contribution in [-0.4, -0.2) is 25.1 Å². The van der Waals surface area contributed by atoms with Crippen LogP contribution in [0.4, 0.5) is 5.69 Å².